The fourth-order valence-corrected chi connectivity index (χ4v) is 9.44. The topological polar surface area (TPSA) is 250 Å². The molecule has 4 N–H and O–H groups in total. The first-order chi connectivity index (χ1) is 29.0. The highest BCUT2D eigenvalue weighted by Crippen LogP contribution is 2.49. The SMILES string of the molecule is Cc1nnc(-c2ccc(CNC(=O)CCCCCN3/C(=C/C=C/C4=[N+](CCCS(=O)(=O)O)c5ccc(S(=O)(=O)O)cc5C4(C)C)C(C)(C)c4cc(S(=O)(=O)O)ccc43)cc2)nn1. The Kier molecular flexibility index (Phi) is 13.3. The van der Waals surface area contributed by atoms with Crippen LogP contribution in [0.2, 0.25) is 0 Å². The van der Waals surface area contributed by atoms with E-state index in [-0.39, 0.29) is 28.7 Å². The largest absolute Gasteiger partial charge is 0.352 e. The summed E-state index contributed by atoms with van der Waals surface area (Å²) in [4.78, 5) is 14.3. The van der Waals surface area contributed by atoms with Gasteiger partial charge in [0.2, 0.25) is 17.4 Å². The smallest absolute Gasteiger partial charge is 0.294 e. The van der Waals surface area contributed by atoms with Crippen LogP contribution in [0.25, 0.3) is 11.4 Å². The maximum Gasteiger partial charge on any atom is 0.294 e. The van der Waals surface area contributed by atoms with Crippen molar-refractivity contribution < 1.29 is 48.3 Å². The van der Waals surface area contributed by atoms with Crippen molar-refractivity contribution in [1.82, 2.24) is 25.7 Å². The number of aryl methyl sites for hydroxylation is 1. The molecule has 2 aliphatic rings. The first-order valence-corrected chi connectivity index (χ1v) is 24.4. The Morgan fingerprint density at radius 1 is 0.774 bits per heavy atom. The van der Waals surface area contributed by atoms with E-state index in [9.17, 15) is 43.7 Å². The highest BCUT2D eigenvalue weighted by molar-refractivity contribution is 7.86. The molecule has 0 unspecified atom stereocenters. The summed E-state index contributed by atoms with van der Waals surface area (Å²) < 4.78 is 103. The molecule has 0 aliphatic carbocycles. The van der Waals surface area contributed by atoms with Gasteiger partial charge in [-0.1, -0.05) is 50.6 Å². The van der Waals surface area contributed by atoms with Gasteiger partial charge in [-0.3, -0.25) is 18.5 Å². The second-order valence-corrected chi connectivity index (χ2v) is 20.8. The van der Waals surface area contributed by atoms with E-state index in [1.54, 1.807) is 19.1 Å². The first-order valence-electron chi connectivity index (χ1n) is 19.9. The summed E-state index contributed by atoms with van der Waals surface area (Å²) in [5, 5.41) is 18.9. The van der Waals surface area contributed by atoms with Crippen LogP contribution < -0.4 is 10.2 Å². The number of carbonyl (C=O) groups excluding carboxylic acids is 1. The number of nitrogens with zero attached hydrogens (tertiary/aromatic N) is 6. The van der Waals surface area contributed by atoms with Crippen LogP contribution >= 0.6 is 0 Å². The number of hydrogen-bond acceptors (Lipinski definition) is 12. The molecule has 17 nitrogen and oxygen atoms in total. The summed E-state index contributed by atoms with van der Waals surface area (Å²) in [6.07, 6.45) is 7.99. The maximum absolute atomic E-state index is 12.8. The van der Waals surface area contributed by atoms with Crippen molar-refractivity contribution in [2.75, 3.05) is 23.7 Å². The average Bonchev–Trinajstić information content (AvgIpc) is 3.53. The number of carbonyl (C=O) groups is 1. The number of allylic oxidation sites excluding steroid dienone is 4. The van der Waals surface area contributed by atoms with Crippen LogP contribution in [-0.2, 0) is 52.5 Å². The van der Waals surface area contributed by atoms with E-state index in [0.717, 1.165) is 22.5 Å². The molecule has 4 aromatic rings. The molecule has 0 spiro atoms. The molecule has 3 aromatic carbocycles. The van der Waals surface area contributed by atoms with Gasteiger partial charge in [0.1, 0.15) is 6.54 Å². The van der Waals surface area contributed by atoms with Crippen molar-refractivity contribution in [2.45, 2.75) is 93.9 Å². The summed E-state index contributed by atoms with van der Waals surface area (Å²) in [6, 6.07) is 16.2. The Bertz CT molecular complexity index is 2810. The zero-order valence-electron chi connectivity index (χ0n) is 35.0. The predicted molar refractivity (Wildman–Crippen MR) is 232 cm³/mol. The van der Waals surface area contributed by atoms with Gasteiger partial charge < -0.3 is 10.2 Å². The minimum absolute atomic E-state index is 0.0656. The van der Waals surface area contributed by atoms with E-state index in [4.69, 9.17) is 0 Å². The molecular weight excluding hydrogens is 859 g/mol. The lowest BCUT2D eigenvalue weighted by Crippen LogP contribution is -2.29. The van der Waals surface area contributed by atoms with E-state index in [1.807, 2.05) is 74.8 Å². The molecule has 62 heavy (non-hydrogen) atoms. The number of unbranched alkanes of at least 4 members (excludes halogenated alkanes) is 2. The molecule has 1 aromatic heterocycles. The Balaban J connectivity index is 1.18. The van der Waals surface area contributed by atoms with Crippen molar-refractivity contribution in [1.29, 1.82) is 0 Å². The Hall–Kier alpha value is -5.25. The standard InChI is InChI=1S/C42H49N7O10S3/c1-28-44-46-40(47-45-28)30-16-14-29(15-17-30)27-43-39(50)13-7-6-8-22-48-35-20-18-31(61(54,55)56)25-33(35)41(2,3)37(48)11-9-12-38-42(4,5)34-26-32(62(57,58)59)19-21-36(34)49(38)23-10-24-60(51,52)53/h9,11-12,14-21,25-26H,6-8,10,13,22-24,27H2,1-5H3,(H3-,43,50,51,52,53,54,55,56,57,58,59)/p+1. The fourth-order valence-electron chi connectivity index (χ4n) is 7.94. The van der Waals surface area contributed by atoms with Crippen LogP contribution in [0.3, 0.4) is 0 Å². The summed E-state index contributed by atoms with van der Waals surface area (Å²) in [5.74, 6) is 0.314. The van der Waals surface area contributed by atoms with E-state index >= 15 is 0 Å². The van der Waals surface area contributed by atoms with Gasteiger partial charge >= 0.3 is 0 Å². The Morgan fingerprint density at radius 2 is 1.40 bits per heavy atom. The molecule has 20 heteroatoms. The second-order valence-electron chi connectivity index (χ2n) is 16.4. The van der Waals surface area contributed by atoms with Crippen molar-refractivity contribution in [3.63, 3.8) is 0 Å². The van der Waals surface area contributed by atoms with Gasteiger partial charge in [-0.25, -0.2) is 0 Å². The molecule has 0 fully saturated rings. The van der Waals surface area contributed by atoms with Gasteiger partial charge in [0.15, 0.2) is 11.5 Å². The van der Waals surface area contributed by atoms with E-state index in [0.29, 0.717) is 72.9 Å². The summed E-state index contributed by atoms with van der Waals surface area (Å²) in [5.41, 5.74) is 4.29. The second kappa shape index (κ2) is 17.9. The fraction of sp³-hybridized carbons (Fsp3) is 0.381. The molecule has 3 heterocycles. The summed E-state index contributed by atoms with van der Waals surface area (Å²) in [7, 11) is -13.3. The molecule has 0 bridgehead atoms. The van der Waals surface area contributed by atoms with Crippen molar-refractivity contribution in [3.8, 4) is 11.4 Å². The van der Waals surface area contributed by atoms with Gasteiger partial charge in [0, 0.05) is 66.0 Å². The Labute approximate surface area is 362 Å². The molecule has 0 saturated heterocycles. The van der Waals surface area contributed by atoms with Gasteiger partial charge in [0.25, 0.3) is 30.4 Å². The van der Waals surface area contributed by atoms with Crippen LogP contribution in [0.4, 0.5) is 11.4 Å². The number of fused-ring (bicyclic) bond motifs is 2. The normalized spacial score (nSPS) is 16.6. The van der Waals surface area contributed by atoms with Crippen LogP contribution in [0.15, 0.2) is 94.4 Å². The monoisotopic (exact) mass is 908 g/mol. The summed E-state index contributed by atoms with van der Waals surface area (Å²) >= 11 is 0. The third-order valence-electron chi connectivity index (χ3n) is 11.2. The Morgan fingerprint density at radius 3 is 2.03 bits per heavy atom. The number of rotatable bonds is 17. The summed E-state index contributed by atoms with van der Waals surface area (Å²) in [6.45, 7) is 10.4. The zero-order valence-corrected chi connectivity index (χ0v) is 37.4. The quantitative estimate of drug-likeness (QED) is 0.0580. The lowest BCUT2D eigenvalue weighted by atomic mass is 9.81. The molecule has 0 saturated carbocycles. The lowest BCUT2D eigenvalue weighted by Gasteiger charge is -2.27. The third kappa shape index (κ3) is 10.5. The average molecular weight is 909 g/mol. The van der Waals surface area contributed by atoms with Gasteiger partial charge in [-0.15, -0.1) is 20.4 Å². The zero-order chi connectivity index (χ0) is 45.3. The molecular formula is C42H50N7O10S3+. The maximum atomic E-state index is 12.8. The van der Waals surface area contributed by atoms with Crippen molar-refractivity contribution in [2.24, 2.45) is 0 Å². The molecule has 6 rings (SSSR count). The minimum atomic E-state index is -4.52. The lowest BCUT2D eigenvalue weighted by molar-refractivity contribution is -0.437. The van der Waals surface area contributed by atoms with E-state index < -0.39 is 46.9 Å². The van der Waals surface area contributed by atoms with Crippen LogP contribution in [0.5, 0.6) is 0 Å². The van der Waals surface area contributed by atoms with Crippen LogP contribution in [-0.4, -0.2) is 94.3 Å². The van der Waals surface area contributed by atoms with Crippen molar-refractivity contribution >= 4 is 53.3 Å². The number of nitrogens with one attached hydrogen (secondary N) is 1. The van der Waals surface area contributed by atoms with Gasteiger partial charge in [-0.05, 0) is 81.1 Å². The number of aromatic nitrogens is 4. The van der Waals surface area contributed by atoms with Crippen LogP contribution in [0, 0.1) is 6.92 Å². The van der Waals surface area contributed by atoms with Crippen molar-refractivity contribution in [3.05, 3.63) is 107 Å². The number of anilines is 1. The van der Waals surface area contributed by atoms with Crippen LogP contribution in [0.1, 0.15) is 82.3 Å². The minimum Gasteiger partial charge on any atom is -0.352 e. The number of amides is 1. The molecule has 1 amide bonds. The van der Waals surface area contributed by atoms with Gasteiger partial charge in [0.05, 0.1) is 21.0 Å². The van der Waals surface area contributed by atoms with E-state index in [2.05, 4.69) is 30.6 Å². The first kappa shape index (κ1) is 46.3. The molecule has 0 radical (unpaired) electrons. The molecule has 0 atom stereocenters. The predicted octanol–water partition coefficient (Wildman–Crippen LogP) is 5.50. The molecule has 330 valence electrons. The number of benzene rings is 3. The third-order valence-corrected chi connectivity index (χ3v) is 13.7. The van der Waals surface area contributed by atoms with Gasteiger partial charge in [-0.2, -0.15) is 29.8 Å². The van der Waals surface area contributed by atoms with E-state index in [1.165, 1.54) is 24.3 Å². The number of hydrogen-bond donors (Lipinski definition) is 4. The highest BCUT2D eigenvalue weighted by atomic mass is 32.2. The highest BCUT2D eigenvalue weighted by Gasteiger charge is 2.45. The molecule has 2 aliphatic heterocycles.